The van der Waals surface area contributed by atoms with E-state index in [1.54, 1.807) is 0 Å². The number of allylic oxidation sites excluding steroid dienone is 1. The molecular formula is C15H16F2N2O. The second-order valence-electron chi connectivity index (χ2n) is 5.40. The van der Waals surface area contributed by atoms with Gasteiger partial charge < -0.3 is 10.6 Å². The molecule has 1 aromatic rings. The monoisotopic (exact) mass is 278 g/mol. The van der Waals surface area contributed by atoms with Crippen LogP contribution in [0, 0.1) is 23.5 Å². The van der Waals surface area contributed by atoms with E-state index < -0.39 is 11.6 Å². The van der Waals surface area contributed by atoms with Gasteiger partial charge in [-0.15, -0.1) is 0 Å². The van der Waals surface area contributed by atoms with Crippen LogP contribution in [0.5, 0.6) is 0 Å². The second kappa shape index (κ2) is 5.32. The fraction of sp³-hybridized carbons (Fsp3) is 0.400. The number of nitrogens with one attached hydrogen (secondary N) is 2. The van der Waals surface area contributed by atoms with E-state index in [1.807, 2.05) is 0 Å². The summed E-state index contributed by atoms with van der Waals surface area (Å²) in [6.07, 6.45) is 6.64. The number of carbonyl (C=O) groups is 1. The Kier molecular flexibility index (Phi) is 3.53. The summed E-state index contributed by atoms with van der Waals surface area (Å²) in [5.74, 6) is -0.849. The molecule has 5 heteroatoms. The van der Waals surface area contributed by atoms with Crippen LogP contribution in [0.1, 0.15) is 12.8 Å². The van der Waals surface area contributed by atoms with Gasteiger partial charge in [0.05, 0.1) is 6.54 Å². The van der Waals surface area contributed by atoms with Crippen molar-refractivity contribution in [2.45, 2.75) is 18.9 Å². The van der Waals surface area contributed by atoms with E-state index in [4.69, 9.17) is 0 Å². The summed E-state index contributed by atoms with van der Waals surface area (Å²) in [6, 6.07) is 3.68. The van der Waals surface area contributed by atoms with Crippen LogP contribution < -0.4 is 10.6 Å². The summed E-state index contributed by atoms with van der Waals surface area (Å²) in [7, 11) is 0. The highest BCUT2D eigenvalue weighted by atomic mass is 19.2. The molecule has 3 atom stereocenters. The Balaban J connectivity index is 1.47. The number of carbonyl (C=O) groups excluding carboxylic acids is 1. The van der Waals surface area contributed by atoms with Crippen LogP contribution in [0.4, 0.5) is 14.5 Å². The maximum Gasteiger partial charge on any atom is 0.238 e. The molecule has 0 unspecified atom stereocenters. The third kappa shape index (κ3) is 2.58. The van der Waals surface area contributed by atoms with Gasteiger partial charge in [0, 0.05) is 17.8 Å². The fourth-order valence-corrected chi connectivity index (χ4v) is 2.95. The van der Waals surface area contributed by atoms with Crippen LogP contribution in [-0.4, -0.2) is 18.5 Å². The molecule has 1 amide bonds. The zero-order valence-corrected chi connectivity index (χ0v) is 10.9. The van der Waals surface area contributed by atoms with E-state index in [9.17, 15) is 13.6 Å². The van der Waals surface area contributed by atoms with Gasteiger partial charge in [0.2, 0.25) is 5.91 Å². The minimum atomic E-state index is -0.964. The predicted molar refractivity (Wildman–Crippen MR) is 72.1 cm³/mol. The van der Waals surface area contributed by atoms with Crippen LogP contribution in [-0.2, 0) is 4.79 Å². The molecule has 0 bridgehead atoms. The number of amides is 1. The standard InChI is InChI=1S/C15H16F2N2O/c16-12-5-4-10(7-13(12)17)19-15(20)8-18-14-6-9-2-1-3-11(9)14/h1,3-5,7,9,11,14,18H,2,6,8H2,(H,19,20)/t9-,11+,14+/m1/s1. The molecule has 106 valence electrons. The van der Waals surface area contributed by atoms with Gasteiger partial charge in [0.25, 0.3) is 0 Å². The van der Waals surface area contributed by atoms with E-state index >= 15 is 0 Å². The van der Waals surface area contributed by atoms with Crippen molar-refractivity contribution in [2.75, 3.05) is 11.9 Å². The van der Waals surface area contributed by atoms with Crippen molar-refractivity contribution in [3.63, 3.8) is 0 Å². The normalized spacial score (nSPS) is 27.0. The van der Waals surface area contributed by atoms with Gasteiger partial charge in [-0.05, 0) is 36.8 Å². The molecule has 2 N–H and O–H groups in total. The first kappa shape index (κ1) is 13.2. The number of fused-ring (bicyclic) bond motifs is 1. The van der Waals surface area contributed by atoms with Crippen LogP contribution in [0.3, 0.4) is 0 Å². The van der Waals surface area contributed by atoms with Crippen LogP contribution in [0.25, 0.3) is 0 Å². The Hall–Kier alpha value is -1.75. The fourth-order valence-electron chi connectivity index (χ4n) is 2.95. The average Bonchev–Trinajstić information content (AvgIpc) is 2.76. The Morgan fingerprint density at radius 2 is 2.15 bits per heavy atom. The summed E-state index contributed by atoms with van der Waals surface area (Å²) in [6.45, 7) is 0.181. The molecule has 3 rings (SSSR count). The lowest BCUT2D eigenvalue weighted by Crippen LogP contribution is -2.50. The summed E-state index contributed by atoms with van der Waals surface area (Å²) in [5, 5.41) is 5.75. The van der Waals surface area contributed by atoms with Crippen molar-refractivity contribution in [3.8, 4) is 0 Å². The molecule has 2 aliphatic rings. The van der Waals surface area contributed by atoms with Crippen molar-refractivity contribution in [3.05, 3.63) is 42.0 Å². The van der Waals surface area contributed by atoms with Crippen LogP contribution in [0.2, 0.25) is 0 Å². The van der Waals surface area contributed by atoms with Gasteiger partial charge in [-0.2, -0.15) is 0 Å². The lowest BCUT2D eigenvalue weighted by atomic mass is 9.71. The lowest BCUT2D eigenvalue weighted by molar-refractivity contribution is -0.115. The summed E-state index contributed by atoms with van der Waals surface area (Å²) >= 11 is 0. The molecule has 1 saturated carbocycles. The minimum Gasteiger partial charge on any atom is -0.325 e. The zero-order valence-electron chi connectivity index (χ0n) is 10.9. The van der Waals surface area contributed by atoms with Crippen molar-refractivity contribution >= 4 is 11.6 Å². The molecule has 0 aromatic heterocycles. The van der Waals surface area contributed by atoms with Crippen molar-refractivity contribution in [2.24, 2.45) is 11.8 Å². The molecule has 0 spiro atoms. The Morgan fingerprint density at radius 1 is 1.30 bits per heavy atom. The molecule has 1 fully saturated rings. The number of hydrogen-bond acceptors (Lipinski definition) is 2. The highest BCUT2D eigenvalue weighted by molar-refractivity contribution is 5.92. The number of rotatable bonds is 4. The van der Waals surface area contributed by atoms with Crippen LogP contribution >= 0.6 is 0 Å². The number of benzene rings is 1. The van der Waals surface area contributed by atoms with Gasteiger partial charge in [-0.3, -0.25) is 4.79 Å². The number of anilines is 1. The smallest absolute Gasteiger partial charge is 0.238 e. The van der Waals surface area contributed by atoms with Gasteiger partial charge in [-0.1, -0.05) is 12.2 Å². The van der Waals surface area contributed by atoms with E-state index in [0.29, 0.717) is 12.0 Å². The molecule has 0 aliphatic heterocycles. The topological polar surface area (TPSA) is 41.1 Å². The molecule has 0 radical (unpaired) electrons. The zero-order chi connectivity index (χ0) is 14.1. The molecule has 2 aliphatic carbocycles. The first-order chi connectivity index (χ1) is 9.63. The largest absolute Gasteiger partial charge is 0.325 e. The van der Waals surface area contributed by atoms with E-state index in [-0.39, 0.29) is 18.1 Å². The van der Waals surface area contributed by atoms with Crippen LogP contribution in [0.15, 0.2) is 30.4 Å². The number of halogens is 2. The van der Waals surface area contributed by atoms with E-state index in [1.165, 1.54) is 6.07 Å². The maximum absolute atomic E-state index is 13.0. The summed E-state index contributed by atoms with van der Waals surface area (Å²) in [4.78, 5) is 11.7. The Morgan fingerprint density at radius 3 is 2.90 bits per heavy atom. The van der Waals surface area contributed by atoms with Gasteiger partial charge in [0.1, 0.15) is 0 Å². The molecule has 0 heterocycles. The lowest BCUT2D eigenvalue weighted by Gasteiger charge is -2.40. The summed E-state index contributed by atoms with van der Waals surface area (Å²) in [5.41, 5.74) is 0.267. The molecular weight excluding hydrogens is 262 g/mol. The third-order valence-corrected chi connectivity index (χ3v) is 4.09. The Labute approximate surface area is 116 Å². The first-order valence-corrected chi connectivity index (χ1v) is 6.78. The maximum atomic E-state index is 13.0. The van der Waals surface area contributed by atoms with E-state index in [2.05, 4.69) is 22.8 Å². The van der Waals surface area contributed by atoms with Gasteiger partial charge in [-0.25, -0.2) is 8.78 Å². The quantitative estimate of drug-likeness (QED) is 0.831. The van der Waals surface area contributed by atoms with Crippen molar-refractivity contribution < 1.29 is 13.6 Å². The third-order valence-electron chi connectivity index (χ3n) is 4.09. The molecule has 0 saturated heterocycles. The highest BCUT2D eigenvalue weighted by Gasteiger charge is 2.40. The molecule has 3 nitrogen and oxygen atoms in total. The SMILES string of the molecule is O=C(CN[C@H]1C[C@H]2CC=C[C@@H]21)Nc1ccc(F)c(F)c1. The van der Waals surface area contributed by atoms with E-state index in [0.717, 1.165) is 30.9 Å². The molecule has 20 heavy (non-hydrogen) atoms. The minimum absolute atomic E-state index is 0.181. The van der Waals surface area contributed by atoms with Gasteiger partial charge >= 0.3 is 0 Å². The first-order valence-electron chi connectivity index (χ1n) is 6.78. The molecule has 1 aromatic carbocycles. The summed E-state index contributed by atoms with van der Waals surface area (Å²) < 4.78 is 25.8. The number of hydrogen-bond donors (Lipinski definition) is 2. The van der Waals surface area contributed by atoms with Gasteiger partial charge in [0.15, 0.2) is 11.6 Å². The second-order valence-corrected chi connectivity index (χ2v) is 5.40. The van der Waals surface area contributed by atoms with Crippen molar-refractivity contribution in [1.29, 1.82) is 0 Å². The highest BCUT2D eigenvalue weighted by Crippen LogP contribution is 2.42. The predicted octanol–water partition coefficient (Wildman–Crippen LogP) is 2.46. The average molecular weight is 278 g/mol. The van der Waals surface area contributed by atoms with Crippen molar-refractivity contribution in [1.82, 2.24) is 5.32 Å². The Bertz CT molecular complexity index is 559.